The van der Waals surface area contributed by atoms with Crippen LogP contribution in [0.15, 0.2) is 40.9 Å². The predicted molar refractivity (Wildman–Crippen MR) is 101 cm³/mol. The Morgan fingerprint density at radius 3 is 2.81 bits per heavy atom. The number of hydrogen-bond acceptors (Lipinski definition) is 5. The molecule has 1 N–H and O–H groups in total. The largest absolute Gasteiger partial charge is 0.493 e. The Morgan fingerprint density at radius 2 is 2.08 bits per heavy atom. The average Bonchev–Trinajstić information content (AvgIpc) is 2.67. The molecule has 0 spiro atoms. The standard InChI is InChI=1S/C19H20BrNO5/c1-3-24-18-14(20)8-12(9-17(18)23-2)19(22)21-10-13-11-25-15-6-4-5-7-16(15)26-13/h4-9,13H,3,10-11H2,1-2H3,(H,21,22)/t13-/m1/s1. The molecule has 1 aliphatic rings. The van der Waals surface area contributed by atoms with E-state index in [9.17, 15) is 4.79 Å². The molecule has 0 aromatic heterocycles. The first-order valence-corrected chi connectivity index (χ1v) is 9.08. The molecule has 0 unspecified atom stereocenters. The van der Waals surface area contributed by atoms with E-state index in [1.165, 1.54) is 7.11 Å². The Labute approximate surface area is 160 Å². The first kappa shape index (κ1) is 18.4. The van der Waals surface area contributed by atoms with E-state index >= 15 is 0 Å². The molecular weight excluding hydrogens is 402 g/mol. The molecule has 2 aromatic rings. The first-order chi connectivity index (χ1) is 12.6. The molecule has 2 aromatic carbocycles. The van der Waals surface area contributed by atoms with Gasteiger partial charge < -0.3 is 24.3 Å². The summed E-state index contributed by atoms with van der Waals surface area (Å²) >= 11 is 3.42. The molecule has 3 rings (SSSR count). The lowest BCUT2D eigenvalue weighted by molar-refractivity contribution is 0.0789. The predicted octanol–water partition coefficient (Wildman–Crippen LogP) is 3.43. The van der Waals surface area contributed by atoms with E-state index < -0.39 is 0 Å². The van der Waals surface area contributed by atoms with Crippen molar-refractivity contribution in [2.45, 2.75) is 13.0 Å². The van der Waals surface area contributed by atoms with Crippen molar-refractivity contribution in [3.63, 3.8) is 0 Å². The molecule has 0 bridgehead atoms. The second-order valence-electron chi connectivity index (χ2n) is 5.63. The number of halogens is 1. The van der Waals surface area contributed by atoms with Crippen molar-refractivity contribution in [3.05, 3.63) is 46.4 Å². The minimum Gasteiger partial charge on any atom is -0.493 e. The van der Waals surface area contributed by atoms with Crippen LogP contribution in [0.4, 0.5) is 0 Å². The fourth-order valence-electron chi connectivity index (χ4n) is 2.61. The molecule has 7 heteroatoms. The highest BCUT2D eigenvalue weighted by atomic mass is 79.9. The normalized spacial score (nSPS) is 15.3. The lowest BCUT2D eigenvalue weighted by Gasteiger charge is -2.26. The second-order valence-corrected chi connectivity index (χ2v) is 6.48. The highest BCUT2D eigenvalue weighted by molar-refractivity contribution is 9.10. The number of hydrogen-bond donors (Lipinski definition) is 1. The SMILES string of the molecule is CCOc1c(Br)cc(C(=O)NC[C@@H]2COc3ccccc3O2)cc1OC. The van der Waals surface area contributed by atoms with Gasteiger partial charge in [-0.05, 0) is 47.1 Å². The van der Waals surface area contributed by atoms with Crippen LogP contribution in [-0.4, -0.2) is 38.9 Å². The van der Waals surface area contributed by atoms with Crippen molar-refractivity contribution < 1.29 is 23.7 Å². The summed E-state index contributed by atoms with van der Waals surface area (Å²) in [6.45, 7) is 3.10. The monoisotopic (exact) mass is 421 g/mol. The summed E-state index contributed by atoms with van der Waals surface area (Å²) in [5.41, 5.74) is 0.467. The van der Waals surface area contributed by atoms with E-state index in [4.69, 9.17) is 18.9 Å². The zero-order chi connectivity index (χ0) is 18.5. The van der Waals surface area contributed by atoms with Gasteiger partial charge in [0.25, 0.3) is 5.91 Å². The molecule has 1 atom stereocenters. The Bertz CT molecular complexity index is 795. The van der Waals surface area contributed by atoms with Gasteiger partial charge in [-0.3, -0.25) is 4.79 Å². The highest BCUT2D eigenvalue weighted by Crippen LogP contribution is 2.36. The molecule has 1 amide bonds. The molecule has 0 fully saturated rings. The molecule has 1 heterocycles. The Morgan fingerprint density at radius 1 is 1.31 bits per heavy atom. The van der Waals surface area contributed by atoms with Gasteiger partial charge in [-0.1, -0.05) is 12.1 Å². The van der Waals surface area contributed by atoms with Crippen LogP contribution >= 0.6 is 15.9 Å². The van der Waals surface area contributed by atoms with Gasteiger partial charge in [0.05, 0.1) is 24.7 Å². The number of ether oxygens (including phenoxy) is 4. The number of nitrogens with one attached hydrogen (secondary N) is 1. The summed E-state index contributed by atoms with van der Waals surface area (Å²) in [7, 11) is 1.54. The van der Waals surface area contributed by atoms with Crippen molar-refractivity contribution in [1.29, 1.82) is 0 Å². The van der Waals surface area contributed by atoms with Crippen molar-refractivity contribution in [3.8, 4) is 23.0 Å². The van der Waals surface area contributed by atoms with Gasteiger partial charge in [0, 0.05) is 5.56 Å². The third-order valence-corrected chi connectivity index (χ3v) is 4.43. The molecular formula is C19H20BrNO5. The van der Waals surface area contributed by atoms with E-state index in [2.05, 4.69) is 21.2 Å². The molecule has 6 nitrogen and oxygen atoms in total. The molecule has 0 saturated heterocycles. The van der Waals surface area contributed by atoms with Crippen molar-refractivity contribution >= 4 is 21.8 Å². The maximum atomic E-state index is 12.5. The molecule has 1 aliphatic heterocycles. The fourth-order valence-corrected chi connectivity index (χ4v) is 3.16. The van der Waals surface area contributed by atoms with E-state index in [0.29, 0.717) is 47.0 Å². The van der Waals surface area contributed by atoms with Gasteiger partial charge in [0.2, 0.25) is 0 Å². The third-order valence-electron chi connectivity index (χ3n) is 3.84. The molecule has 0 aliphatic carbocycles. The third kappa shape index (κ3) is 4.04. The fraction of sp³-hybridized carbons (Fsp3) is 0.316. The summed E-state index contributed by atoms with van der Waals surface area (Å²) in [6.07, 6.45) is -0.248. The number of para-hydroxylation sites is 2. The minimum absolute atomic E-state index is 0.227. The van der Waals surface area contributed by atoms with Crippen LogP contribution in [0, 0.1) is 0 Å². The summed E-state index contributed by atoms with van der Waals surface area (Å²) in [6, 6.07) is 10.8. The number of carbonyl (C=O) groups excluding carboxylic acids is 1. The van der Waals surface area contributed by atoms with Crippen LogP contribution < -0.4 is 24.3 Å². The Kier molecular flexibility index (Phi) is 5.88. The second kappa shape index (κ2) is 8.31. The number of fused-ring (bicyclic) bond motifs is 1. The summed E-state index contributed by atoms with van der Waals surface area (Å²) in [5, 5.41) is 2.87. The van der Waals surface area contributed by atoms with Crippen LogP contribution in [-0.2, 0) is 0 Å². The Balaban J connectivity index is 1.65. The van der Waals surface area contributed by atoms with E-state index in [1.807, 2.05) is 31.2 Å². The number of rotatable bonds is 6. The van der Waals surface area contributed by atoms with Gasteiger partial charge in [0.15, 0.2) is 23.0 Å². The lowest BCUT2D eigenvalue weighted by Crippen LogP contribution is -2.40. The van der Waals surface area contributed by atoms with E-state index in [0.717, 1.165) is 5.75 Å². The topological polar surface area (TPSA) is 66.0 Å². The quantitative estimate of drug-likeness (QED) is 0.773. The van der Waals surface area contributed by atoms with E-state index in [-0.39, 0.29) is 12.0 Å². The van der Waals surface area contributed by atoms with Crippen LogP contribution in [0.3, 0.4) is 0 Å². The highest BCUT2D eigenvalue weighted by Gasteiger charge is 2.22. The van der Waals surface area contributed by atoms with Gasteiger partial charge in [0.1, 0.15) is 12.7 Å². The molecule has 0 radical (unpaired) electrons. The minimum atomic E-state index is -0.248. The maximum absolute atomic E-state index is 12.5. The van der Waals surface area contributed by atoms with Crippen LogP contribution in [0.2, 0.25) is 0 Å². The number of benzene rings is 2. The summed E-state index contributed by atoms with van der Waals surface area (Å²) in [5.74, 6) is 2.25. The number of amides is 1. The van der Waals surface area contributed by atoms with Gasteiger partial charge in [-0.25, -0.2) is 0 Å². The van der Waals surface area contributed by atoms with E-state index in [1.54, 1.807) is 12.1 Å². The van der Waals surface area contributed by atoms with Gasteiger partial charge >= 0.3 is 0 Å². The summed E-state index contributed by atoms with van der Waals surface area (Å²) < 4.78 is 23.0. The van der Waals surface area contributed by atoms with Crippen molar-refractivity contribution in [1.82, 2.24) is 5.32 Å². The van der Waals surface area contributed by atoms with Gasteiger partial charge in [-0.2, -0.15) is 0 Å². The first-order valence-electron chi connectivity index (χ1n) is 8.29. The summed E-state index contributed by atoms with van der Waals surface area (Å²) in [4.78, 5) is 12.5. The molecule has 138 valence electrons. The number of methoxy groups -OCH3 is 1. The van der Waals surface area contributed by atoms with Crippen molar-refractivity contribution in [2.24, 2.45) is 0 Å². The molecule has 26 heavy (non-hydrogen) atoms. The zero-order valence-corrected chi connectivity index (χ0v) is 16.2. The van der Waals surface area contributed by atoms with Crippen LogP contribution in [0.25, 0.3) is 0 Å². The molecule has 0 saturated carbocycles. The lowest BCUT2D eigenvalue weighted by atomic mass is 10.2. The maximum Gasteiger partial charge on any atom is 0.251 e. The Hall–Kier alpha value is -2.41. The van der Waals surface area contributed by atoms with Crippen molar-refractivity contribution in [2.75, 3.05) is 26.9 Å². The van der Waals surface area contributed by atoms with Gasteiger partial charge in [-0.15, -0.1) is 0 Å². The zero-order valence-electron chi connectivity index (χ0n) is 14.6. The number of carbonyl (C=O) groups is 1. The van der Waals surface area contributed by atoms with Crippen LogP contribution in [0.5, 0.6) is 23.0 Å². The van der Waals surface area contributed by atoms with Crippen LogP contribution in [0.1, 0.15) is 17.3 Å². The average molecular weight is 422 g/mol. The smallest absolute Gasteiger partial charge is 0.251 e.